The van der Waals surface area contributed by atoms with E-state index in [0.29, 0.717) is 6.54 Å². The SMILES string of the molecule is CC(C)(C)C(=O)NCCc1nc2ccccc2n1CCc1ccccc1. The third-order valence-electron chi connectivity index (χ3n) is 4.52. The Kier molecular flexibility index (Phi) is 5.40. The van der Waals surface area contributed by atoms with E-state index in [0.717, 1.165) is 36.2 Å². The largest absolute Gasteiger partial charge is 0.355 e. The molecule has 0 aliphatic heterocycles. The molecule has 136 valence electrons. The number of para-hydroxylation sites is 2. The van der Waals surface area contributed by atoms with Crippen LogP contribution < -0.4 is 5.32 Å². The van der Waals surface area contributed by atoms with Crippen LogP contribution >= 0.6 is 0 Å². The molecule has 3 aromatic rings. The number of fused-ring (bicyclic) bond motifs is 1. The van der Waals surface area contributed by atoms with E-state index in [1.165, 1.54) is 5.56 Å². The summed E-state index contributed by atoms with van der Waals surface area (Å²) in [6.45, 7) is 7.27. The number of nitrogens with zero attached hydrogens (tertiary/aromatic N) is 2. The zero-order valence-corrected chi connectivity index (χ0v) is 15.8. The lowest BCUT2D eigenvalue weighted by Gasteiger charge is -2.17. The van der Waals surface area contributed by atoms with Crippen molar-refractivity contribution >= 4 is 16.9 Å². The summed E-state index contributed by atoms with van der Waals surface area (Å²) in [7, 11) is 0. The molecule has 0 radical (unpaired) electrons. The molecule has 0 atom stereocenters. The van der Waals surface area contributed by atoms with E-state index in [2.05, 4.69) is 40.2 Å². The number of rotatable bonds is 6. The zero-order valence-electron chi connectivity index (χ0n) is 15.8. The third kappa shape index (κ3) is 4.31. The normalized spacial score (nSPS) is 11.7. The van der Waals surface area contributed by atoms with E-state index in [1.54, 1.807) is 0 Å². The molecule has 3 rings (SSSR count). The highest BCUT2D eigenvalue weighted by molar-refractivity contribution is 5.81. The number of amides is 1. The summed E-state index contributed by atoms with van der Waals surface area (Å²) in [4.78, 5) is 16.9. The van der Waals surface area contributed by atoms with Crippen molar-refractivity contribution in [1.82, 2.24) is 14.9 Å². The molecule has 0 saturated heterocycles. The lowest BCUT2D eigenvalue weighted by atomic mass is 9.96. The van der Waals surface area contributed by atoms with Gasteiger partial charge in [-0.05, 0) is 24.1 Å². The first-order valence-electron chi connectivity index (χ1n) is 9.21. The second-order valence-corrected chi connectivity index (χ2v) is 7.66. The van der Waals surface area contributed by atoms with E-state index < -0.39 is 0 Å². The number of carbonyl (C=O) groups excluding carboxylic acids is 1. The summed E-state index contributed by atoms with van der Waals surface area (Å²) in [6, 6.07) is 18.7. The summed E-state index contributed by atoms with van der Waals surface area (Å²) < 4.78 is 2.28. The molecule has 0 saturated carbocycles. The number of carbonyl (C=O) groups is 1. The second kappa shape index (κ2) is 7.73. The number of nitrogens with one attached hydrogen (secondary N) is 1. The molecule has 0 aliphatic rings. The lowest BCUT2D eigenvalue weighted by molar-refractivity contribution is -0.128. The Morgan fingerprint density at radius 2 is 1.69 bits per heavy atom. The summed E-state index contributed by atoms with van der Waals surface area (Å²) in [6.07, 6.45) is 1.69. The van der Waals surface area contributed by atoms with Crippen molar-refractivity contribution in [1.29, 1.82) is 0 Å². The molecule has 1 heterocycles. The average Bonchev–Trinajstić information content (AvgIpc) is 2.97. The Bertz CT molecular complexity index is 875. The van der Waals surface area contributed by atoms with Crippen LogP contribution in [0.25, 0.3) is 11.0 Å². The predicted molar refractivity (Wildman–Crippen MR) is 106 cm³/mol. The molecule has 1 amide bonds. The van der Waals surface area contributed by atoms with Crippen LogP contribution in [0.1, 0.15) is 32.2 Å². The Hall–Kier alpha value is -2.62. The summed E-state index contributed by atoms with van der Waals surface area (Å²) in [5, 5.41) is 3.02. The van der Waals surface area contributed by atoms with Crippen molar-refractivity contribution < 1.29 is 4.79 Å². The van der Waals surface area contributed by atoms with Crippen molar-refractivity contribution in [2.24, 2.45) is 5.41 Å². The molecular weight excluding hydrogens is 322 g/mol. The maximum Gasteiger partial charge on any atom is 0.225 e. The molecule has 4 nitrogen and oxygen atoms in total. The fourth-order valence-electron chi connectivity index (χ4n) is 3.00. The van der Waals surface area contributed by atoms with Gasteiger partial charge in [-0.15, -0.1) is 0 Å². The third-order valence-corrected chi connectivity index (χ3v) is 4.52. The molecule has 26 heavy (non-hydrogen) atoms. The number of benzene rings is 2. The lowest BCUT2D eigenvalue weighted by Crippen LogP contribution is -2.36. The number of imidazole rings is 1. The minimum atomic E-state index is -0.368. The highest BCUT2D eigenvalue weighted by Crippen LogP contribution is 2.18. The molecule has 0 fully saturated rings. The van der Waals surface area contributed by atoms with E-state index in [-0.39, 0.29) is 11.3 Å². The maximum absolute atomic E-state index is 12.1. The molecule has 4 heteroatoms. The van der Waals surface area contributed by atoms with E-state index in [9.17, 15) is 4.79 Å². The smallest absolute Gasteiger partial charge is 0.225 e. The molecular formula is C22H27N3O. The van der Waals surface area contributed by atoms with Crippen LogP contribution in [0.15, 0.2) is 54.6 Å². The Morgan fingerprint density at radius 3 is 2.42 bits per heavy atom. The summed E-state index contributed by atoms with van der Waals surface area (Å²) in [5.41, 5.74) is 3.11. The Morgan fingerprint density at radius 1 is 1.00 bits per heavy atom. The first-order chi connectivity index (χ1) is 12.4. The minimum Gasteiger partial charge on any atom is -0.355 e. The standard InChI is InChI=1S/C22H27N3O/c1-22(2,3)21(26)23-15-13-20-24-18-11-7-8-12-19(18)25(20)16-14-17-9-5-4-6-10-17/h4-12H,13-16H2,1-3H3,(H,23,26). The second-order valence-electron chi connectivity index (χ2n) is 7.66. The van der Waals surface area contributed by atoms with E-state index in [4.69, 9.17) is 4.98 Å². The highest BCUT2D eigenvalue weighted by atomic mass is 16.2. The van der Waals surface area contributed by atoms with Gasteiger partial charge >= 0.3 is 0 Å². The molecule has 0 unspecified atom stereocenters. The molecule has 2 aromatic carbocycles. The van der Waals surface area contributed by atoms with Crippen molar-refractivity contribution in [2.45, 2.75) is 40.2 Å². The topological polar surface area (TPSA) is 46.9 Å². The number of aromatic nitrogens is 2. The number of hydrogen-bond acceptors (Lipinski definition) is 2. The minimum absolute atomic E-state index is 0.0736. The monoisotopic (exact) mass is 349 g/mol. The van der Waals surface area contributed by atoms with Gasteiger partial charge in [-0.3, -0.25) is 4.79 Å². The average molecular weight is 349 g/mol. The van der Waals surface area contributed by atoms with Crippen LogP contribution in [-0.2, 0) is 24.2 Å². The van der Waals surface area contributed by atoms with Crippen LogP contribution in [-0.4, -0.2) is 22.0 Å². The predicted octanol–water partition coefficient (Wildman–Crippen LogP) is 3.98. The number of aryl methyl sites for hydroxylation is 2. The van der Waals surface area contributed by atoms with Gasteiger partial charge in [0, 0.05) is 24.9 Å². The number of hydrogen-bond donors (Lipinski definition) is 1. The van der Waals surface area contributed by atoms with Gasteiger partial charge in [0.15, 0.2) is 0 Å². The highest BCUT2D eigenvalue weighted by Gasteiger charge is 2.20. The van der Waals surface area contributed by atoms with Crippen LogP contribution in [0.2, 0.25) is 0 Å². The van der Waals surface area contributed by atoms with Crippen molar-refractivity contribution in [2.75, 3.05) is 6.54 Å². The van der Waals surface area contributed by atoms with Crippen molar-refractivity contribution in [3.05, 3.63) is 66.0 Å². The van der Waals surface area contributed by atoms with Gasteiger partial charge in [0.25, 0.3) is 0 Å². The summed E-state index contributed by atoms with van der Waals surface area (Å²) in [5.74, 6) is 1.10. The van der Waals surface area contributed by atoms with Crippen molar-refractivity contribution in [3.8, 4) is 0 Å². The van der Waals surface area contributed by atoms with Gasteiger partial charge in [-0.2, -0.15) is 0 Å². The van der Waals surface area contributed by atoms with Gasteiger partial charge < -0.3 is 9.88 Å². The fraction of sp³-hybridized carbons (Fsp3) is 0.364. The van der Waals surface area contributed by atoms with Crippen LogP contribution in [0.5, 0.6) is 0 Å². The van der Waals surface area contributed by atoms with E-state index >= 15 is 0 Å². The first kappa shape index (κ1) is 18.2. The van der Waals surface area contributed by atoms with Gasteiger partial charge in [0.05, 0.1) is 11.0 Å². The molecule has 1 aromatic heterocycles. The quantitative estimate of drug-likeness (QED) is 0.731. The molecule has 0 bridgehead atoms. The first-order valence-corrected chi connectivity index (χ1v) is 9.21. The Balaban J connectivity index is 1.75. The van der Waals surface area contributed by atoms with Crippen LogP contribution in [0.3, 0.4) is 0 Å². The van der Waals surface area contributed by atoms with Crippen molar-refractivity contribution in [3.63, 3.8) is 0 Å². The fourth-order valence-corrected chi connectivity index (χ4v) is 3.00. The van der Waals surface area contributed by atoms with Gasteiger partial charge in [0.1, 0.15) is 5.82 Å². The molecule has 0 spiro atoms. The van der Waals surface area contributed by atoms with E-state index in [1.807, 2.05) is 45.0 Å². The summed E-state index contributed by atoms with van der Waals surface area (Å²) >= 11 is 0. The Labute approximate surface area is 155 Å². The molecule has 1 N–H and O–H groups in total. The zero-order chi connectivity index (χ0) is 18.6. The molecule has 0 aliphatic carbocycles. The van der Waals surface area contributed by atoms with Crippen LogP contribution in [0.4, 0.5) is 0 Å². The maximum atomic E-state index is 12.1. The van der Waals surface area contributed by atoms with Gasteiger partial charge in [0.2, 0.25) is 5.91 Å². The van der Waals surface area contributed by atoms with Gasteiger partial charge in [-0.25, -0.2) is 4.98 Å². The van der Waals surface area contributed by atoms with Crippen LogP contribution in [0, 0.1) is 5.41 Å². The van der Waals surface area contributed by atoms with Gasteiger partial charge in [-0.1, -0.05) is 63.2 Å².